The standard InChI is InChI=1S/C19H20N2O2S2/c22-25(23)12-11-18(15-25)20-19(24)21(13-16-7-3-1-4-8-16)14-17-9-5-2-6-10-17/h1-11H,12-15H2,(H,20,24). The van der Waals surface area contributed by atoms with Gasteiger partial charge >= 0.3 is 0 Å². The van der Waals surface area contributed by atoms with Crippen molar-refractivity contribution >= 4 is 27.2 Å². The Balaban J connectivity index is 1.74. The van der Waals surface area contributed by atoms with Crippen LogP contribution in [0.1, 0.15) is 11.1 Å². The van der Waals surface area contributed by atoms with Crippen LogP contribution in [0, 0.1) is 0 Å². The molecule has 130 valence electrons. The van der Waals surface area contributed by atoms with Crippen molar-refractivity contribution < 1.29 is 8.42 Å². The summed E-state index contributed by atoms with van der Waals surface area (Å²) in [6.07, 6.45) is 1.70. The summed E-state index contributed by atoms with van der Waals surface area (Å²) in [5.41, 5.74) is 2.96. The van der Waals surface area contributed by atoms with Gasteiger partial charge in [-0.15, -0.1) is 0 Å². The second-order valence-corrected chi connectivity index (χ2v) is 8.54. The number of hydrogen-bond donors (Lipinski definition) is 1. The molecule has 0 spiro atoms. The van der Waals surface area contributed by atoms with Gasteiger partial charge in [-0.25, -0.2) is 8.42 Å². The van der Waals surface area contributed by atoms with E-state index in [1.54, 1.807) is 6.08 Å². The van der Waals surface area contributed by atoms with Crippen molar-refractivity contribution in [1.29, 1.82) is 0 Å². The van der Waals surface area contributed by atoms with Crippen LogP contribution in [-0.4, -0.2) is 29.9 Å². The molecule has 25 heavy (non-hydrogen) atoms. The zero-order valence-electron chi connectivity index (χ0n) is 13.8. The Morgan fingerprint density at radius 1 is 0.960 bits per heavy atom. The van der Waals surface area contributed by atoms with E-state index in [2.05, 4.69) is 29.6 Å². The summed E-state index contributed by atoms with van der Waals surface area (Å²) in [5.74, 6) is 0.104. The summed E-state index contributed by atoms with van der Waals surface area (Å²) in [6.45, 7) is 1.31. The lowest BCUT2D eigenvalue weighted by Crippen LogP contribution is -2.39. The molecule has 4 nitrogen and oxygen atoms in total. The van der Waals surface area contributed by atoms with E-state index >= 15 is 0 Å². The van der Waals surface area contributed by atoms with Crippen molar-refractivity contribution in [3.63, 3.8) is 0 Å². The highest BCUT2D eigenvalue weighted by Gasteiger charge is 2.21. The van der Waals surface area contributed by atoms with Crippen molar-refractivity contribution in [3.05, 3.63) is 83.6 Å². The number of thiocarbonyl (C=S) groups is 1. The van der Waals surface area contributed by atoms with Gasteiger partial charge in [-0.2, -0.15) is 0 Å². The summed E-state index contributed by atoms with van der Waals surface area (Å²) in [6, 6.07) is 20.2. The molecule has 0 aromatic heterocycles. The molecule has 0 fully saturated rings. The molecule has 0 radical (unpaired) electrons. The van der Waals surface area contributed by atoms with E-state index in [1.807, 2.05) is 41.3 Å². The fourth-order valence-electron chi connectivity index (χ4n) is 2.69. The van der Waals surface area contributed by atoms with Gasteiger partial charge in [0.1, 0.15) is 0 Å². The highest BCUT2D eigenvalue weighted by atomic mass is 32.2. The number of nitrogens with zero attached hydrogens (tertiary/aromatic N) is 1. The van der Waals surface area contributed by atoms with Crippen molar-refractivity contribution in [3.8, 4) is 0 Å². The van der Waals surface area contributed by atoms with Gasteiger partial charge in [0.15, 0.2) is 14.9 Å². The van der Waals surface area contributed by atoms with Crippen LogP contribution in [0.4, 0.5) is 0 Å². The number of benzene rings is 2. The van der Waals surface area contributed by atoms with Crippen molar-refractivity contribution in [2.24, 2.45) is 0 Å². The van der Waals surface area contributed by atoms with E-state index in [0.717, 1.165) is 11.1 Å². The molecule has 1 aliphatic rings. The molecule has 2 aromatic rings. The first-order valence-electron chi connectivity index (χ1n) is 8.05. The lowest BCUT2D eigenvalue weighted by Gasteiger charge is -2.26. The summed E-state index contributed by atoms with van der Waals surface area (Å²) < 4.78 is 23.3. The van der Waals surface area contributed by atoms with E-state index < -0.39 is 9.84 Å². The maximum Gasteiger partial charge on any atom is 0.173 e. The van der Waals surface area contributed by atoms with Gasteiger partial charge in [0.2, 0.25) is 0 Å². The van der Waals surface area contributed by atoms with Gasteiger partial charge in [0.05, 0.1) is 11.5 Å². The minimum absolute atomic E-state index is 0.0255. The fraction of sp³-hybridized carbons (Fsp3) is 0.211. The first-order valence-corrected chi connectivity index (χ1v) is 10.3. The molecular formula is C19H20N2O2S2. The van der Waals surface area contributed by atoms with E-state index in [-0.39, 0.29) is 11.5 Å². The Hall–Kier alpha value is -2.18. The normalized spacial score (nSPS) is 15.4. The maximum absolute atomic E-state index is 11.6. The van der Waals surface area contributed by atoms with Crippen molar-refractivity contribution in [2.45, 2.75) is 13.1 Å². The predicted molar refractivity (Wildman–Crippen MR) is 105 cm³/mol. The molecule has 0 bridgehead atoms. The average Bonchev–Trinajstić information content (AvgIpc) is 2.94. The van der Waals surface area contributed by atoms with Gasteiger partial charge in [-0.3, -0.25) is 0 Å². The largest absolute Gasteiger partial charge is 0.340 e. The van der Waals surface area contributed by atoms with Crippen LogP contribution in [0.2, 0.25) is 0 Å². The number of hydrogen-bond acceptors (Lipinski definition) is 3. The molecule has 1 N–H and O–H groups in total. The quantitative estimate of drug-likeness (QED) is 0.818. The first kappa shape index (κ1) is 17.6. The minimum Gasteiger partial charge on any atom is -0.340 e. The zero-order chi connectivity index (χ0) is 17.7. The van der Waals surface area contributed by atoms with E-state index in [0.29, 0.717) is 23.9 Å². The smallest absolute Gasteiger partial charge is 0.173 e. The average molecular weight is 373 g/mol. The van der Waals surface area contributed by atoms with Gasteiger partial charge < -0.3 is 10.2 Å². The molecule has 0 aliphatic carbocycles. The zero-order valence-corrected chi connectivity index (χ0v) is 15.4. The molecule has 6 heteroatoms. The number of sulfone groups is 1. The molecule has 2 aromatic carbocycles. The Morgan fingerprint density at radius 2 is 1.48 bits per heavy atom. The van der Waals surface area contributed by atoms with Crippen LogP contribution in [0.3, 0.4) is 0 Å². The summed E-state index contributed by atoms with van der Waals surface area (Å²) in [4.78, 5) is 2.05. The number of nitrogens with one attached hydrogen (secondary N) is 1. The van der Waals surface area contributed by atoms with Crippen LogP contribution in [0.5, 0.6) is 0 Å². The van der Waals surface area contributed by atoms with Crippen LogP contribution in [0.15, 0.2) is 72.4 Å². The lowest BCUT2D eigenvalue weighted by molar-refractivity contribution is 0.403. The molecule has 0 atom stereocenters. The third-order valence-corrected chi connectivity index (χ3v) is 5.73. The van der Waals surface area contributed by atoms with E-state index in [1.165, 1.54) is 0 Å². The summed E-state index contributed by atoms with van der Waals surface area (Å²) in [7, 11) is -3.02. The van der Waals surface area contributed by atoms with Crippen LogP contribution < -0.4 is 5.32 Å². The molecule has 0 saturated heterocycles. The summed E-state index contributed by atoms with van der Waals surface area (Å²) in [5, 5.41) is 3.65. The SMILES string of the molecule is O=S1(=O)CC=C(NC(=S)N(Cc2ccccc2)Cc2ccccc2)C1. The lowest BCUT2D eigenvalue weighted by atomic mass is 10.2. The first-order chi connectivity index (χ1) is 12.0. The second-order valence-electron chi connectivity index (χ2n) is 6.04. The highest BCUT2D eigenvalue weighted by Crippen LogP contribution is 2.13. The van der Waals surface area contributed by atoms with Gasteiger partial charge in [-0.1, -0.05) is 60.7 Å². The fourth-order valence-corrected chi connectivity index (χ4v) is 4.19. The topological polar surface area (TPSA) is 49.4 Å². The monoisotopic (exact) mass is 372 g/mol. The third kappa shape index (κ3) is 5.14. The Labute approximate surface area is 154 Å². The van der Waals surface area contributed by atoms with Crippen molar-refractivity contribution in [2.75, 3.05) is 11.5 Å². The molecule has 1 aliphatic heterocycles. The predicted octanol–water partition coefficient (Wildman–Crippen LogP) is 2.88. The van der Waals surface area contributed by atoms with E-state index in [4.69, 9.17) is 12.2 Å². The molecule has 0 unspecified atom stereocenters. The van der Waals surface area contributed by atoms with Crippen LogP contribution in [-0.2, 0) is 22.9 Å². The molecule has 0 saturated carbocycles. The Morgan fingerprint density at radius 3 is 1.92 bits per heavy atom. The van der Waals surface area contributed by atoms with Crippen LogP contribution in [0.25, 0.3) is 0 Å². The number of rotatable bonds is 5. The molecule has 0 amide bonds. The van der Waals surface area contributed by atoms with Gasteiger partial charge in [0.25, 0.3) is 0 Å². The van der Waals surface area contributed by atoms with Crippen molar-refractivity contribution in [1.82, 2.24) is 10.2 Å². The van der Waals surface area contributed by atoms with Crippen LogP contribution >= 0.6 is 12.2 Å². The highest BCUT2D eigenvalue weighted by molar-refractivity contribution is 7.92. The maximum atomic E-state index is 11.6. The molecule has 1 heterocycles. The molecule has 3 rings (SSSR count). The van der Waals surface area contributed by atoms with E-state index in [9.17, 15) is 8.42 Å². The molecular weight excluding hydrogens is 352 g/mol. The Bertz CT molecular complexity index is 821. The summed E-state index contributed by atoms with van der Waals surface area (Å²) >= 11 is 5.56. The van der Waals surface area contributed by atoms with Gasteiger partial charge in [0, 0.05) is 18.8 Å². The van der Waals surface area contributed by atoms with Gasteiger partial charge in [-0.05, 0) is 29.4 Å². The third-order valence-electron chi connectivity index (χ3n) is 3.95. The second kappa shape index (κ2) is 7.80. The Kier molecular flexibility index (Phi) is 5.50. The minimum atomic E-state index is -3.02.